The first-order chi connectivity index (χ1) is 16.9. The second kappa shape index (κ2) is 19.9. The van der Waals surface area contributed by atoms with Crippen LogP contribution >= 0.6 is 0 Å². The van der Waals surface area contributed by atoms with Crippen molar-refractivity contribution in [2.45, 2.75) is 154 Å². The Balaban J connectivity index is 2.49. The van der Waals surface area contributed by atoms with Crippen LogP contribution in [0.1, 0.15) is 158 Å². The first kappa shape index (κ1) is 31.8. The quantitative estimate of drug-likeness (QED) is 0.0907. The highest BCUT2D eigenvalue weighted by Crippen LogP contribution is 2.25. The van der Waals surface area contributed by atoms with Gasteiger partial charge in [-0.2, -0.15) is 8.42 Å². The monoisotopic (exact) mass is 508 g/mol. The van der Waals surface area contributed by atoms with E-state index in [1.165, 1.54) is 89.5 Å². The predicted molar refractivity (Wildman–Crippen MR) is 148 cm³/mol. The average Bonchev–Trinajstić information content (AvgIpc) is 2.83. The summed E-state index contributed by atoms with van der Waals surface area (Å²) in [6, 6.07) is 4.74. The number of benzene rings is 1. The molecule has 0 bridgehead atoms. The smallest absolute Gasteiger partial charge is 0.294 e. The van der Waals surface area contributed by atoms with Crippen molar-refractivity contribution in [2.24, 2.45) is 0 Å². The third kappa shape index (κ3) is 14.8. The number of rotatable bonds is 23. The minimum atomic E-state index is -4.35. The third-order valence-corrected chi connectivity index (χ3v) is 7.94. The van der Waals surface area contributed by atoms with Crippen molar-refractivity contribution in [2.75, 3.05) is 0 Å². The molecule has 0 aliphatic heterocycles. The van der Waals surface area contributed by atoms with Gasteiger partial charge in [0.2, 0.25) is 0 Å². The van der Waals surface area contributed by atoms with Crippen molar-refractivity contribution >= 4 is 15.9 Å². The lowest BCUT2D eigenvalue weighted by Crippen LogP contribution is -2.10. The SMILES string of the molecule is CCCCCCCCCCCCc1c(C(=O)CCCCCCCCCCC)cccc1S(=O)(=O)O. The zero-order valence-corrected chi connectivity index (χ0v) is 23.5. The summed E-state index contributed by atoms with van der Waals surface area (Å²) in [5.74, 6) is 0.000486. The molecule has 0 heterocycles. The van der Waals surface area contributed by atoms with Gasteiger partial charge in [0.25, 0.3) is 10.1 Å². The molecule has 1 aromatic rings. The molecule has 0 spiro atoms. The van der Waals surface area contributed by atoms with Crippen molar-refractivity contribution in [1.29, 1.82) is 0 Å². The van der Waals surface area contributed by atoms with E-state index in [0.29, 0.717) is 24.0 Å². The third-order valence-electron chi connectivity index (χ3n) is 7.00. The summed E-state index contributed by atoms with van der Waals surface area (Å²) in [5, 5.41) is 0. The molecule has 0 fully saturated rings. The van der Waals surface area contributed by atoms with Crippen molar-refractivity contribution in [3.63, 3.8) is 0 Å². The van der Waals surface area contributed by atoms with Crippen LogP contribution in [0.4, 0.5) is 0 Å². The molecule has 202 valence electrons. The summed E-state index contributed by atoms with van der Waals surface area (Å²) >= 11 is 0. The lowest BCUT2D eigenvalue weighted by atomic mass is 9.95. The highest BCUT2D eigenvalue weighted by molar-refractivity contribution is 7.85. The summed E-state index contributed by atoms with van der Waals surface area (Å²) in [5.41, 5.74) is 0.992. The fraction of sp³-hybridized carbons (Fsp3) is 0.767. The van der Waals surface area contributed by atoms with Crippen LogP contribution in [-0.4, -0.2) is 18.8 Å². The molecule has 0 saturated heterocycles. The van der Waals surface area contributed by atoms with Crippen LogP contribution in [0.2, 0.25) is 0 Å². The van der Waals surface area contributed by atoms with E-state index >= 15 is 0 Å². The zero-order chi connectivity index (χ0) is 25.8. The summed E-state index contributed by atoms with van der Waals surface area (Å²) in [6.45, 7) is 4.46. The van der Waals surface area contributed by atoms with E-state index in [4.69, 9.17) is 0 Å². The van der Waals surface area contributed by atoms with E-state index in [9.17, 15) is 17.8 Å². The Bertz CT molecular complexity index is 786. The Morgan fingerprint density at radius 2 is 1.09 bits per heavy atom. The molecule has 1 rings (SSSR count). The fourth-order valence-electron chi connectivity index (χ4n) is 4.85. The van der Waals surface area contributed by atoms with Gasteiger partial charge < -0.3 is 0 Å². The molecule has 5 heteroatoms. The van der Waals surface area contributed by atoms with Crippen molar-refractivity contribution in [3.05, 3.63) is 29.3 Å². The van der Waals surface area contributed by atoms with E-state index in [0.717, 1.165) is 38.5 Å². The molecule has 0 saturated carbocycles. The highest BCUT2D eigenvalue weighted by Gasteiger charge is 2.21. The number of carbonyl (C=O) groups is 1. The Morgan fingerprint density at radius 3 is 1.54 bits per heavy atom. The van der Waals surface area contributed by atoms with Gasteiger partial charge in [-0.1, -0.05) is 135 Å². The van der Waals surface area contributed by atoms with Gasteiger partial charge in [0.1, 0.15) is 0 Å². The van der Waals surface area contributed by atoms with Crippen molar-refractivity contribution in [1.82, 2.24) is 0 Å². The van der Waals surface area contributed by atoms with E-state index in [1.807, 2.05) is 0 Å². The van der Waals surface area contributed by atoms with Crippen LogP contribution in [0.3, 0.4) is 0 Å². The second-order valence-electron chi connectivity index (χ2n) is 10.2. The van der Waals surface area contributed by atoms with Crippen LogP contribution in [-0.2, 0) is 16.5 Å². The molecule has 0 atom stereocenters. The summed E-state index contributed by atoms with van der Waals surface area (Å²) in [6.07, 6.45) is 23.7. The lowest BCUT2D eigenvalue weighted by Gasteiger charge is -2.13. The molecule has 0 aliphatic carbocycles. The number of carbonyl (C=O) groups excluding carboxylic acids is 1. The van der Waals surface area contributed by atoms with Crippen LogP contribution in [0.5, 0.6) is 0 Å². The minimum absolute atomic E-state index is 0.000486. The highest BCUT2D eigenvalue weighted by atomic mass is 32.2. The summed E-state index contributed by atoms with van der Waals surface area (Å²) in [4.78, 5) is 12.9. The van der Waals surface area contributed by atoms with Crippen LogP contribution in [0.15, 0.2) is 23.1 Å². The summed E-state index contributed by atoms with van der Waals surface area (Å²) in [7, 11) is -4.35. The maximum Gasteiger partial charge on any atom is 0.294 e. The molecular formula is C30H52O4S. The molecule has 0 unspecified atom stereocenters. The van der Waals surface area contributed by atoms with Gasteiger partial charge in [0.15, 0.2) is 5.78 Å². The Hall–Kier alpha value is -1.20. The standard InChI is InChI=1S/C30H52O4S/c1-3-5-7-9-11-13-15-16-18-20-23-28-27(24-22-26-30(28)35(32,33)34)29(31)25-21-19-17-14-12-10-8-6-4-2/h22,24,26H,3-21,23,25H2,1-2H3,(H,32,33,34). The number of Topliss-reactive ketones (excluding diaryl/α,β-unsaturated/α-hetero) is 1. The maximum atomic E-state index is 13.0. The van der Waals surface area contributed by atoms with Crippen molar-refractivity contribution in [3.8, 4) is 0 Å². The lowest BCUT2D eigenvalue weighted by molar-refractivity contribution is 0.0978. The molecule has 0 radical (unpaired) electrons. The normalized spacial score (nSPS) is 11.7. The first-order valence-electron chi connectivity index (χ1n) is 14.5. The van der Waals surface area contributed by atoms with Crippen molar-refractivity contribution < 1.29 is 17.8 Å². The van der Waals surface area contributed by atoms with Gasteiger partial charge in [0, 0.05) is 12.0 Å². The van der Waals surface area contributed by atoms with E-state index in [1.54, 1.807) is 12.1 Å². The Morgan fingerprint density at radius 1 is 0.657 bits per heavy atom. The second-order valence-corrected chi connectivity index (χ2v) is 11.6. The first-order valence-corrected chi connectivity index (χ1v) is 16.0. The van der Waals surface area contributed by atoms with Gasteiger partial charge in [-0.3, -0.25) is 9.35 Å². The Labute approximate surface area is 216 Å². The molecule has 0 aromatic heterocycles. The average molecular weight is 509 g/mol. The summed E-state index contributed by atoms with van der Waals surface area (Å²) < 4.78 is 33.7. The van der Waals surface area contributed by atoms with E-state index in [2.05, 4.69) is 13.8 Å². The molecule has 0 aliphatic rings. The molecule has 0 amide bonds. The van der Waals surface area contributed by atoms with Crippen LogP contribution < -0.4 is 0 Å². The molecular weight excluding hydrogens is 456 g/mol. The van der Waals surface area contributed by atoms with E-state index in [-0.39, 0.29) is 10.7 Å². The number of unbranched alkanes of at least 4 members (excludes halogenated alkanes) is 17. The van der Waals surface area contributed by atoms with E-state index < -0.39 is 10.1 Å². The van der Waals surface area contributed by atoms with Gasteiger partial charge in [-0.25, -0.2) is 0 Å². The number of hydrogen-bond donors (Lipinski definition) is 1. The maximum absolute atomic E-state index is 13.0. The number of ketones is 1. The largest absolute Gasteiger partial charge is 0.294 e. The molecule has 35 heavy (non-hydrogen) atoms. The van der Waals surface area contributed by atoms with Gasteiger partial charge in [-0.15, -0.1) is 0 Å². The molecule has 1 aromatic carbocycles. The molecule has 4 nitrogen and oxygen atoms in total. The fourth-order valence-corrected chi connectivity index (χ4v) is 5.62. The Kier molecular flexibility index (Phi) is 18.1. The zero-order valence-electron chi connectivity index (χ0n) is 22.7. The minimum Gasteiger partial charge on any atom is -0.294 e. The van der Waals surface area contributed by atoms with Gasteiger partial charge in [-0.05, 0) is 30.9 Å². The van der Waals surface area contributed by atoms with Crippen LogP contribution in [0.25, 0.3) is 0 Å². The predicted octanol–water partition coefficient (Wildman–Crippen LogP) is 9.50. The molecule has 1 N–H and O–H groups in total. The van der Waals surface area contributed by atoms with Crippen LogP contribution in [0, 0.1) is 0 Å². The number of hydrogen-bond acceptors (Lipinski definition) is 3. The van der Waals surface area contributed by atoms with Gasteiger partial charge in [0.05, 0.1) is 4.90 Å². The van der Waals surface area contributed by atoms with Gasteiger partial charge >= 0.3 is 0 Å². The topological polar surface area (TPSA) is 71.4 Å².